The van der Waals surface area contributed by atoms with Gasteiger partial charge in [-0.25, -0.2) is 0 Å². The lowest BCUT2D eigenvalue weighted by Crippen LogP contribution is -2.16. The van der Waals surface area contributed by atoms with Gasteiger partial charge in [-0.2, -0.15) is 0 Å². The highest BCUT2D eigenvalue weighted by Gasteiger charge is 2.23. The minimum atomic E-state index is 0.0695. The second-order valence-corrected chi connectivity index (χ2v) is 14.8. The molecule has 3 aromatic carbocycles. The topological polar surface area (TPSA) is 0 Å². The van der Waals surface area contributed by atoms with Crippen LogP contribution >= 0.6 is 11.6 Å². The van der Waals surface area contributed by atoms with Gasteiger partial charge in [0.15, 0.2) is 0 Å². The van der Waals surface area contributed by atoms with E-state index in [0.29, 0.717) is 0 Å². The normalized spacial score (nSPS) is 13.3. The highest BCUT2D eigenvalue weighted by molar-refractivity contribution is 6.31. The number of hydrogen-bond donors (Lipinski definition) is 0. The summed E-state index contributed by atoms with van der Waals surface area (Å²) in [4.78, 5) is 0. The molecule has 0 N–H and O–H groups in total. The van der Waals surface area contributed by atoms with Crippen molar-refractivity contribution >= 4 is 11.6 Å². The molecule has 0 aromatic heterocycles. The maximum Gasteiger partial charge on any atom is 0.0418 e. The van der Waals surface area contributed by atoms with E-state index in [4.69, 9.17) is 11.6 Å². The average Bonchev–Trinajstić information content (AvgIpc) is 2.70. The maximum absolute atomic E-state index is 6.77. The Labute approximate surface area is 220 Å². The molecule has 3 rings (SSSR count). The Kier molecular flexibility index (Phi) is 7.17. The van der Waals surface area contributed by atoms with Crippen molar-refractivity contribution < 1.29 is 0 Å². The number of benzene rings is 3. The molecule has 188 valence electrons. The van der Waals surface area contributed by atoms with Gasteiger partial charge in [0.05, 0.1) is 0 Å². The molecule has 0 nitrogen and oxygen atoms in total. The molecule has 0 spiro atoms. The fraction of sp³-hybridized carbons (Fsp3) is 0.471. The zero-order chi connectivity index (χ0) is 26.6. The van der Waals surface area contributed by atoms with Crippen LogP contribution in [0.1, 0.15) is 105 Å². The SMILES string of the molecule is CC(C)(C)c1cc(-c2cc(Cl)cc(-c3cc(C(C)(C)C)cc(C(C)(C)C)c3)c2)cc(C(C)(C)C)c1. The monoisotopic (exact) mass is 488 g/mol. The Morgan fingerprint density at radius 1 is 0.343 bits per heavy atom. The summed E-state index contributed by atoms with van der Waals surface area (Å²) < 4.78 is 0. The Hall–Kier alpha value is -2.05. The van der Waals surface area contributed by atoms with Gasteiger partial charge >= 0.3 is 0 Å². The van der Waals surface area contributed by atoms with Crippen molar-refractivity contribution in [1.82, 2.24) is 0 Å². The summed E-state index contributed by atoms with van der Waals surface area (Å²) >= 11 is 6.77. The summed E-state index contributed by atoms with van der Waals surface area (Å²) in [6, 6.07) is 20.7. The van der Waals surface area contributed by atoms with Crippen molar-refractivity contribution in [2.45, 2.75) is 105 Å². The third kappa shape index (κ3) is 6.59. The van der Waals surface area contributed by atoms with Crippen LogP contribution in [0.15, 0.2) is 54.6 Å². The molecule has 1 heteroatoms. The predicted molar refractivity (Wildman–Crippen MR) is 157 cm³/mol. The van der Waals surface area contributed by atoms with Crippen molar-refractivity contribution in [3.63, 3.8) is 0 Å². The molecule has 0 aliphatic rings. The molecule has 3 aromatic rings. The van der Waals surface area contributed by atoms with Gasteiger partial charge in [0, 0.05) is 5.02 Å². The van der Waals surface area contributed by atoms with Crippen LogP contribution in [0, 0.1) is 0 Å². The third-order valence-corrected chi connectivity index (χ3v) is 7.11. The number of halogens is 1. The smallest absolute Gasteiger partial charge is 0.0418 e. The highest BCUT2D eigenvalue weighted by Crippen LogP contribution is 2.38. The minimum absolute atomic E-state index is 0.0695. The molecule has 0 aliphatic carbocycles. The lowest BCUT2D eigenvalue weighted by atomic mass is 9.78. The molecule has 0 aliphatic heterocycles. The zero-order valence-electron chi connectivity index (χ0n) is 24.1. The van der Waals surface area contributed by atoms with Gasteiger partial charge in [-0.15, -0.1) is 0 Å². The van der Waals surface area contributed by atoms with Gasteiger partial charge in [0.25, 0.3) is 0 Å². The van der Waals surface area contributed by atoms with E-state index in [1.54, 1.807) is 0 Å². The van der Waals surface area contributed by atoms with Gasteiger partial charge in [0.1, 0.15) is 0 Å². The lowest BCUT2D eigenvalue weighted by Gasteiger charge is -2.27. The first-order valence-corrected chi connectivity index (χ1v) is 13.3. The number of rotatable bonds is 2. The summed E-state index contributed by atoms with van der Waals surface area (Å²) in [5.41, 5.74) is 10.5. The summed E-state index contributed by atoms with van der Waals surface area (Å²) in [6.45, 7) is 27.4. The first-order valence-electron chi connectivity index (χ1n) is 12.9. The Balaban J connectivity index is 2.27. The van der Waals surface area contributed by atoms with Crippen LogP contribution in [0.25, 0.3) is 22.3 Å². The van der Waals surface area contributed by atoms with E-state index in [1.807, 2.05) is 0 Å². The fourth-order valence-corrected chi connectivity index (χ4v) is 4.48. The van der Waals surface area contributed by atoms with Gasteiger partial charge in [0.2, 0.25) is 0 Å². The third-order valence-electron chi connectivity index (χ3n) is 6.89. The first kappa shape index (κ1) is 27.5. The van der Waals surface area contributed by atoms with Crippen molar-refractivity contribution in [2.24, 2.45) is 0 Å². The molecule has 0 saturated heterocycles. The second-order valence-electron chi connectivity index (χ2n) is 14.3. The van der Waals surface area contributed by atoms with Crippen LogP contribution in [0.2, 0.25) is 5.02 Å². The van der Waals surface area contributed by atoms with Crippen molar-refractivity contribution in [3.05, 3.63) is 81.9 Å². The van der Waals surface area contributed by atoms with Gasteiger partial charge in [-0.3, -0.25) is 0 Å². The lowest BCUT2D eigenvalue weighted by molar-refractivity contribution is 0.568. The highest BCUT2D eigenvalue weighted by atomic mass is 35.5. The van der Waals surface area contributed by atoms with E-state index in [9.17, 15) is 0 Å². The molecule has 0 atom stereocenters. The quantitative estimate of drug-likeness (QED) is 0.336. The van der Waals surface area contributed by atoms with Crippen LogP contribution in [0.3, 0.4) is 0 Å². The fourth-order valence-electron chi connectivity index (χ4n) is 4.24. The van der Waals surface area contributed by atoms with E-state index in [2.05, 4.69) is 138 Å². The zero-order valence-corrected chi connectivity index (χ0v) is 24.8. The van der Waals surface area contributed by atoms with Crippen LogP contribution < -0.4 is 0 Å². The van der Waals surface area contributed by atoms with E-state index >= 15 is 0 Å². The molecule has 35 heavy (non-hydrogen) atoms. The Morgan fingerprint density at radius 2 is 0.571 bits per heavy atom. The van der Waals surface area contributed by atoms with Gasteiger partial charge < -0.3 is 0 Å². The van der Waals surface area contributed by atoms with Gasteiger partial charge in [-0.1, -0.05) is 131 Å². The molecule has 0 amide bonds. The van der Waals surface area contributed by atoms with E-state index in [1.165, 1.54) is 44.5 Å². The first-order chi connectivity index (χ1) is 15.7. The van der Waals surface area contributed by atoms with E-state index < -0.39 is 0 Å². The molecule has 0 saturated carbocycles. The van der Waals surface area contributed by atoms with Crippen molar-refractivity contribution in [3.8, 4) is 22.3 Å². The molecule has 0 radical (unpaired) electrons. The maximum atomic E-state index is 6.77. The molecule has 0 unspecified atom stereocenters. The summed E-state index contributed by atoms with van der Waals surface area (Å²) in [7, 11) is 0. The van der Waals surface area contributed by atoms with Gasteiger partial charge in [-0.05, 0) is 84.4 Å². The van der Waals surface area contributed by atoms with E-state index in [0.717, 1.165) is 5.02 Å². The molecular weight excluding hydrogens is 444 g/mol. The average molecular weight is 489 g/mol. The molecule has 0 bridgehead atoms. The van der Waals surface area contributed by atoms with Crippen LogP contribution in [-0.4, -0.2) is 0 Å². The van der Waals surface area contributed by atoms with Crippen molar-refractivity contribution in [2.75, 3.05) is 0 Å². The predicted octanol–water partition coefficient (Wildman–Crippen LogP) is 10.9. The van der Waals surface area contributed by atoms with Crippen LogP contribution in [0.5, 0.6) is 0 Å². The summed E-state index contributed by atoms with van der Waals surface area (Å²) in [5.74, 6) is 0. The Morgan fingerprint density at radius 3 is 0.800 bits per heavy atom. The summed E-state index contributed by atoms with van der Waals surface area (Å²) in [6.07, 6.45) is 0. The summed E-state index contributed by atoms with van der Waals surface area (Å²) in [5, 5.41) is 0.773. The molecule has 0 fully saturated rings. The molecule has 0 heterocycles. The number of hydrogen-bond acceptors (Lipinski definition) is 0. The van der Waals surface area contributed by atoms with Crippen LogP contribution in [-0.2, 0) is 21.7 Å². The minimum Gasteiger partial charge on any atom is -0.0843 e. The second kappa shape index (κ2) is 9.11. The Bertz CT molecular complexity index is 1060. The van der Waals surface area contributed by atoms with Crippen molar-refractivity contribution in [1.29, 1.82) is 0 Å². The standard InChI is InChI=1S/C34H45Cl/c1-31(2,3)26-14-24(15-27(20-26)32(4,5)6)22-13-23(19-30(35)18-22)25-16-28(33(7,8)9)21-29(17-25)34(10,11)12/h13-21H,1-12H3. The molecular formula is C34H45Cl. The largest absolute Gasteiger partial charge is 0.0843 e. The van der Waals surface area contributed by atoms with Crippen LogP contribution in [0.4, 0.5) is 0 Å². The van der Waals surface area contributed by atoms with E-state index in [-0.39, 0.29) is 21.7 Å².